The predicted molar refractivity (Wildman–Crippen MR) is 171 cm³/mol. The summed E-state index contributed by atoms with van der Waals surface area (Å²) < 4.78 is 55.0. The number of amides is 2. The number of aromatic nitrogens is 2. The average Bonchev–Trinajstić information content (AvgIpc) is 3.68. The molecule has 4 rings (SSSR count). The van der Waals surface area contributed by atoms with Gasteiger partial charge in [-0.15, -0.1) is 0 Å². The first-order chi connectivity index (χ1) is 21.8. The molecule has 1 aliphatic carbocycles. The van der Waals surface area contributed by atoms with Gasteiger partial charge in [0.15, 0.2) is 9.84 Å². The van der Waals surface area contributed by atoms with Crippen molar-refractivity contribution in [3.63, 3.8) is 0 Å². The first kappa shape index (κ1) is 35.2. The second kappa shape index (κ2) is 15.3. The van der Waals surface area contributed by atoms with Crippen LogP contribution in [-0.4, -0.2) is 71.5 Å². The van der Waals surface area contributed by atoms with E-state index in [1.165, 1.54) is 18.0 Å². The Labute approximate surface area is 268 Å². The van der Waals surface area contributed by atoms with E-state index in [1.54, 1.807) is 6.92 Å². The van der Waals surface area contributed by atoms with Gasteiger partial charge in [0.05, 0.1) is 29.8 Å². The van der Waals surface area contributed by atoms with E-state index >= 15 is 0 Å². The number of sulfone groups is 1. The molecule has 0 bridgehead atoms. The fourth-order valence-electron chi connectivity index (χ4n) is 5.40. The quantitative estimate of drug-likeness (QED) is 0.184. The second-order valence-corrected chi connectivity index (χ2v) is 14.3. The molecule has 10 nitrogen and oxygen atoms in total. The van der Waals surface area contributed by atoms with Crippen molar-refractivity contribution in [3.8, 4) is 0 Å². The van der Waals surface area contributed by atoms with Gasteiger partial charge < -0.3 is 21.1 Å². The maximum Gasteiger partial charge on any atom is 0.342 e. The number of hydrogen-bond acceptors (Lipinski definition) is 7. The molecule has 0 radical (unpaired) electrons. The molecular weight excluding hydrogens is 616 g/mol. The van der Waals surface area contributed by atoms with Gasteiger partial charge in [0.25, 0.3) is 0 Å². The molecule has 46 heavy (non-hydrogen) atoms. The molecule has 4 N–H and O–H groups in total. The van der Waals surface area contributed by atoms with Crippen molar-refractivity contribution < 1.29 is 31.9 Å². The van der Waals surface area contributed by atoms with Crippen LogP contribution in [0.25, 0.3) is 0 Å². The SMILES string of the molecule is CCCCS(=O)(=O)C[C@@H](NC(=O)n1cc(C)cn1)C(=O)N[C@@H](Cc1cc(F)cc(F)c1)[C@H](O)CNC1(c2cccc(CC)c2)CC1. The van der Waals surface area contributed by atoms with Gasteiger partial charge in [-0.1, -0.05) is 44.5 Å². The Hall–Kier alpha value is -3.68. The number of hydrogen-bond donors (Lipinski definition) is 4. The number of unbranched alkanes of at least 4 members (excludes halogenated alkanes) is 1. The van der Waals surface area contributed by atoms with E-state index in [4.69, 9.17) is 0 Å². The van der Waals surface area contributed by atoms with E-state index in [9.17, 15) is 31.9 Å². The number of carbonyl (C=O) groups excluding carboxylic acids is 2. The maximum atomic E-state index is 14.1. The van der Waals surface area contributed by atoms with Crippen LogP contribution in [0.3, 0.4) is 0 Å². The van der Waals surface area contributed by atoms with Crippen molar-refractivity contribution in [2.75, 3.05) is 18.1 Å². The third kappa shape index (κ3) is 9.66. The summed E-state index contributed by atoms with van der Waals surface area (Å²) >= 11 is 0. The van der Waals surface area contributed by atoms with E-state index in [0.29, 0.717) is 18.4 Å². The van der Waals surface area contributed by atoms with Gasteiger partial charge in [0, 0.05) is 24.3 Å². The molecule has 1 saturated carbocycles. The summed E-state index contributed by atoms with van der Waals surface area (Å²) in [6.07, 6.45) is 5.01. The van der Waals surface area contributed by atoms with Crippen LogP contribution in [0.15, 0.2) is 54.9 Å². The molecule has 1 aromatic heterocycles. The van der Waals surface area contributed by atoms with Gasteiger partial charge in [-0.3, -0.25) is 4.79 Å². The summed E-state index contributed by atoms with van der Waals surface area (Å²) in [5.74, 6) is -3.36. The summed E-state index contributed by atoms with van der Waals surface area (Å²) in [4.78, 5) is 26.6. The third-order valence-electron chi connectivity index (χ3n) is 8.22. The zero-order valence-electron chi connectivity index (χ0n) is 26.4. The molecule has 0 spiro atoms. The average molecular weight is 660 g/mol. The topological polar surface area (TPSA) is 142 Å². The molecule has 2 amide bonds. The lowest BCUT2D eigenvalue weighted by molar-refractivity contribution is -0.124. The van der Waals surface area contributed by atoms with Crippen molar-refractivity contribution in [2.45, 2.75) is 83.0 Å². The minimum atomic E-state index is -3.77. The fourth-order valence-corrected chi connectivity index (χ4v) is 7.03. The Morgan fingerprint density at radius 3 is 2.39 bits per heavy atom. The van der Waals surface area contributed by atoms with E-state index in [-0.39, 0.29) is 29.8 Å². The van der Waals surface area contributed by atoms with Gasteiger partial charge in [-0.05, 0) is 73.4 Å². The highest BCUT2D eigenvalue weighted by Crippen LogP contribution is 2.45. The monoisotopic (exact) mass is 659 g/mol. The molecule has 250 valence electrons. The molecular formula is C33H43F2N5O5S. The zero-order chi connectivity index (χ0) is 33.5. The van der Waals surface area contributed by atoms with E-state index in [2.05, 4.69) is 34.0 Å². The lowest BCUT2D eigenvalue weighted by Crippen LogP contribution is -2.57. The number of carbonyl (C=O) groups is 2. The van der Waals surface area contributed by atoms with Crippen molar-refractivity contribution in [3.05, 3.63) is 88.7 Å². The summed E-state index contributed by atoms with van der Waals surface area (Å²) in [6, 6.07) is 7.67. The Kier molecular flexibility index (Phi) is 11.7. The molecule has 1 heterocycles. The minimum Gasteiger partial charge on any atom is -0.390 e. The molecule has 3 aromatic rings. The fraction of sp³-hybridized carbons (Fsp3) is 0.485. The minimum absolute atomic E-state index is 0.0253. The van der Waals surface area contributed by atoms with Crippen molar-refractivity contribution in [1.29, 1.82) is 0 Å². The number of benzene rings is 2. The van der Waals surface area contributed by atoms with Crippen LogP contribution in [0, 0.1) is 18.6 Å². The Morgan fingerprint density at radius 2 is 1.78 bits per heavy atom. The number of nitrogens with zero attached hydrogens (tertiary/aromatic N) is 2. The normalized spacial score (nSPS) is 16.0. The van der Waals surface area contributed by atoms with E-state index < -0.39 is 57.4 Å². The second-order valence-electron chi connectivity index (χ2n) is 12.1. The first-order valence-electron chi connectivity index (χ1n) is 15.6. The summed E-state index contributed by atoms with van der Waals surface area (Å²) in [5.41, 5.74) is 2.77. The van der Waals surface area contributed by atoms with E-state index in [0.717, 1.165) is 47.7 Å². The first-order valence-corrected chi connectivity index (χ1v) is 17.5. The zero-order valence-corrected chi connectivity index (χ0v) is 27.2. The number of nitrogens with one attached hydrogen (secondary N) is 3. The smallest absolute Gasteiger partial charge is 0.342 e. The number of aryl methyl sites for hydroxylation is 2. The van der Waals surface area contributed by atoms with Crippen LogP contribution in [0.1, 0.15) is 61.8 Å². The number of aliphatic hydroxyl groups is 1. The molecule has 3 atom stereocenters. The largest absolute Gasteiger partial charge is 0.390 e. The lowest BCUT2D eigenvalue weighted by Gasteiger charge is -2.29. The standard InChI is InChI=1S/C33H43F2N5O5S/c1-4-6-12-46(44,45)21-29(39-32(43)40-20-22(3)18-37-40)31(42)38-28(16-24-14-26(34)17-27(35)15-24)30(41)19-36-33(10-11-33)25-9-7-8-23(5-2)13-25/h7-9,13-15,17-18,20,28-30,36,41H,4-6,10-12,16,19,21H2,1-3H3,(H,38,42)(H,39,43)/t28-,29+,30+/m0/s1. The molecule has 0 aliphatic heterocycles. The van der Waals surface area contributed by atoms with Gasteiger partial charge in [0.2, 0.25) is 5.91 Å². The molecule has 2 aromatic carbocycles. The molecule has 13 heteroatoms. The lowest BCUT2D eigenvalue weighted by atomic mass is 9.98. The summed E-state index contributed by atoms with van der Waals surface area (Å²) in [7, 11) is -3.77. The van der Waals surface area contributed by atoms with Crippen molar-refractivity contribution in [1.82, 2.24) is 25.7 Å². The summed E-state index contributed by atoms with van der Waals surface area (Å²) in [5, 5.41) is 23.9. The Balaban J connectivity index is 1.56. The van der Waals surface area contributed by atoms with Crippen molar-refractivity contribution in [2.24, 2.45) is 0 Å². The van der Waals surface area contributed by atoms with Crippen LogP contribution in [0.2, 0.25) is 0 Å². The Morgan fingerprint density at radius 1 is 1.07 bits per heavy atom. The highest BCUT2D eigenvalue weighted by atomic mass is 32.2. The summed E-state index contributed by atoms with van der Waals surface area (Å²) in [6.45, 7) is 5.65. The van der Waals surface area contributed by atoms with Crippen LogP contribution in [-0.2, 0) is 33.0 Å². The van der Waals surface area contributed by atoms with Gasteiger partial charge in [-0.2, -0.15) is 9.78 Å². The molecule has 0 unspecified atom stereocenters. The van der Waals surface area contributed by atoms with Crippen LogP contribution in [0.5, 0.6) is 0 Å². The van der Waals surface area contributed by atoms with Gasteiger partial charge in [0.1, 0.15) is 17.7 Å². The van der Waals surface area contributed by atoms with E-state index in [1.807, 2.05) is 25.1 Å². The molecule has 1 aliphatic rings. The number of aliphatic hydroxyl groups excluding tert-OH is 1. The molecule has 1 fully saturated rings. The predicted octanol–water partition coefficient (Wildman–Crippen LogP) is 3.54. The highest BCUT2D eigenvalue weighted by Gasteiger charge is 2.44. The number of rotatable bonds is 16. The Bertz CT molecular complexity index is 1610. The number of halogens is 2. The van der Waals surface area contributed by atoms with Gasteiger partial charge >= 0.3 is 6.03 Å². The van der Waals surface area contributed by atoms with Crippen LogP contribution >= 0.6 is 0 Å². The van der Waals surface area contributed by atoms with Crippen molar-refractivity contribution >= 4 is 21.8 Å². The molecule has 0 saturated heterocycles. The third-order valence-corrected chi connectivity index (χ3v) is 9.97. The highest BCUT2D eigenvalue weighted by molar-refractivity contribution is 7.91. The van der Waals surface area contributed by atoms with Crippen LogP contribution < -0.4 is 16.0 Å². The maximum absolute atomic E-state index is 14.1. The van der Waals surface area contributed by atoms with Crippen LogP contribution in [0.4, 0.5) is 13.6 Å². The van der Waals surface area contributed by atoms with Gasteiger partial charge in [-0.25, -0.2) is 22.0 Å².